The van der Waals surface area contributed by atoms with E-state index >= 15 is 0 Å². The maximum absolute atomic E-state index is 8.74. The fourth-order valence-electron chi connectivity index (χ4n) is 1.23. The van der Waals surface area contributed by atoms with Gasteiger partial charge in [-0.05, 0) is 24.3 Å². The summed E-state index contributed by atoms with van der Waals surface area (Å²) in [6.07, 6.45) is 3.20. The third kappa shape index (κ3) is 1.92. The minimum atomic E-state index is 0.559. The van der Waals surface area contributed by atoms with E-state index < -0.39 is 0 Å². The van der Waals surface area contributed by atoms with E-state index in [0.717, 1.165) is 0 Å². The lowest BCUT2D eigenvalue weighted by atomic mass is 10.2. The van der Waals surface area contributed by atoms with Gasteiger partial charge in [-0.15, -0.1) is 0 Å². The van der Waals surface area contributed by atoms with E-state index in [2.05, 4.69) is 16.0 Å². The van der Waals surface area contributed by atoms with Gasteiger partial charge in [0.15, 0.2) is 0 Å². The van der Waals surface area contributed by atoms with Crippen molar-refractivity contribution in [2.45, 2.75) is 0 Å². The van der Waals surface area contributed by atoms with Crippen LogP contribution in [0.3, 0.4) is 0 Å². The molecule has 0 bridgehead atoms. The highest BCUT2D eigenvalue weighted by Crippen LogP contribution is 2.16. The maximum Gasteiger partial charge on any atom is 0.0992 e. The van der Waals surface area contributed by atoms with Gasteiger partial charge < -0.3 is 5.73 Å². The van der Waals surface area contributed by atoms with Gasteiger partial charge in [0.05, 0.1) is 23.0 Å². The number of nitriles is 1. The lowest BCUT2D eigenvalue weighted by Gasteiger charge is -2.00. The molecular weight excluding hydrogens is 188 g/mol. The summed E-state index contributed by atoms with van der Waals surface area (Å²) in [5.74, 6) is 0. The van der Waals surface area contributed by atoms with Gasteiger partial charge in [0.1, 0.15) is 0 Å². The van der Waals surface area contributed by atoms with Gasteiger partial charge in [-0.25, -0.2) is 0 Å². The Hall–Kier alpha value is -2.41. The molecule has 0 amide bonds. The predicted octanol–water partition coefficient (Wildman–Crippen LogP) is 1.60. The van der Waals surface area contributed by atoms with Gasteiger partial charge in [0.2, 0.25) is 0 Å². The van der Waals surface area contributed by atoms with Crippen molar-refractivity contribution in [2.24, 2.45) is 0 Å². The fraction of sp³-hybridized carbons (Fsp3) is 0. The molecule has 72 valence electrons. The van der Waals surface area contributed by atoms with E-state index in [0.29, 0.717) is 22.6 Å². The van der Waals surface area contributed by atoms with E-state index in [4.69, 9.17) is 11.0 Å². The molecule has 0 aliphatic heterocycles. The Kier molecular flexibility index (Phi) is 2.30. The maximum atomic E-state index is 8.74. The summed E-state index contributed by atoms with van der Waals surface area (Å²) in [5.41, 5.74) is 8.15. The van der Waals surface area contributed by atoms with E-state index in [1.54, 1.807) is 36.7 Å². The van der Waals surface area contributed by atoms with Gasteiger partial charge >= 0.3 is 0 Å². The molecule has 0 aliphatic carbocycles. The van der Waals surface area contributed by atoms with E-state index in [1.807, 2.05) is 0 Å². The molecule has 2 aromatic rings. The standard InChI is InChI=1S/C11H8N4/c12-7-8-1-3-14-10(5-8)11-6-9(13)2-4-15-11/h1-6H,(H2,13,15). The first-order chi connectivity index (χ1) is 7.29. The summed E-state index contributed by atoms with van der Waals surface area (Å²) in [5, 5.41) is 8.74. The second kappa shape index (κ2) is 3.76. The lowest BCUT2D eigenvalue weighted by Crippen LogP contribution is -1.91. The number of nitrogens with two attached hydrogens (primary N) is 1. The third-order valence-electron chi connectivity index (χ3n) is 1.94. The number of hydrogen-bond donors (Lipinski definition) is 1. The number of rotatable bonds is 1. The fourth-order valence-corrected chi connectivity index (χ4v) is 1.23. The van der Waals surface area contributed by atoms with Crippen LogP contribution in [0.25, 0.3) is 11.4 Å². The quantitative estimate of drug-likeness (QED) is 0.751. The highest BCUT2D eigenvalue weighted by molar-refractivity contribution is 5.60. The summed E-state index contributed by atoms with van der Waals surface area (Å²) in [6, 6.07) is 8.82. The van der Waals surface area contributed by atoms with Gasteiger partial charge in [0, 0.05) is 18.1 Å². The van der Waals surface area contributed by atoms with Crippen molar-refractivity contribution in [2.75, 3.05) is 5.73 Å². The molecule has 0 aromatic carbocycles. The first kappa shape index (κ1) is 9.16. The molecule has 2 heterocycles. The van der Waals surface area contributed by atoms with Crippen molar-refractivity contribution in [3.8, 4) is 17.5 Å². The average molecular weight is 196 g/mol. The second-order valence-electron chi connectivity index (χ2n) is 3.02. The topological polar surface area (TPSA) is 75.6 Å². The van der Waals surface area contributed by atoms with Crippen molar-refractivity contribution in [1.29, 1.82) is 5.26 Å². The van der Waals surface area contributed by atoms with E-state index in [-0.39, 0.29) is 0 Å². The largest absolute Gasteiger partial charge is 0.399 e. The van der Waals surface area contributed by atoms with Crippen LogP contribution >= 0.6 is 0 Å². The summed E-state index contributed by atoms with van der Waals surface area (Å²) >= 11 is 0. The van der Waals surface area contributed by atoms with Crippen LogP contribution in [0.4, 0.5) is 5.69 Å². The van der Waals surface area contributed by atoms with Crippen LogP contribution in [-0.2, 0) is 0 Å². The molecule has 15 heavy (non-hydrogen) atoms. The zero-order valence-corrected chi connectivity index (χ0v) is 7.88. The van der Waals surface area contributed by atoms with Crippen LogP contribution in [0.5, 0.6) is 0 Å². The molecular formula is C11H8N4. The average Bonchev–Trinajstić information content (AvgIpc) is 2.29. The summed E-state index contributed by atoms with van der Waals surface area (Å²) in [6.45, 7) is 0. The Balaban J connectivity index is 2.50. The molecule has 0 atom stereocenters. The molecule has 0 unspecified atom stereocenters. The number of anilines is 1. The number of pyridine rings is 2. The van der Waals surface area contributed by atoms with Crippen LogP contribution in [0, 0.1) is 11.3 Å². The lowest BCUT2D eigenvalue weighted by molar-refractivity contribution is 1.24. The summed E-state index contributed by atoms with van der Waals surface area (Å²) < 4.78 is 0. The van der Waals surface area contributed by atoms with Crippen LogP contribution < -0.4 is 5.73 Å². The minimum absolute atomic E-state index is 0.559. The van der Waals surface area contributed by atoms with Crippen LogP contribution in [0.15, 0.2) is 36.7 Å². The van der Waals surface area contributed by atoms with E-state index in [9.17, 15) is 0 Å². The molecule has 0 spiro atoms. The Labute approximate surface area is 87.0 Å². The molecule has 0 fully saturated rings. The Morgan fingerprint density at radius 2 is 1.73 bits per heavy atom. The van der Waals surface area contributed by atoms with Crippen LogP contribution in [-0.4, -0.2) is 9.97 Å². The van der Waals surface area contributed by atoms with Crippen molar-refractivity contribution in [3.05, 3.63) is 42.2 Å². The molecule has 2 aromatic heterocycles. The molecule has 2 N–H and O–H groups in total. The molecule has 0 saturated carbocycles. The van der Waals surface area contributed by atoms with Crippen molar-refractivity contribution in [3.63, 3.8) is 0 Å². The first-order valence-electron chi connectivity index (χ1n) is 4.37. The SMILES string of the molecule is N#Cc1ccnc(-c2cc(N)ccn2)c1. The van der Waals surface area contributed by atoms with E-state index in [1.165, 1.54) is 0 Å². The summed E-state index contributed by atoms with van der Waals surface area (Å²) in [4.78, 5) is 8.26. The molecule has 0 saturated heterocycles. The van der Waals surface area contributed by atoms with Crippen molar-refractivity contribution < 1.29 is 0 Å². The monoisotopic (exact) mass is 196 g/mol. The normalized spacial score (nSPS) is 9.53. The first-order valence-corrected chi connectivity index (χ1v) is 4.37. The molecule has 4 nitrogen and oxygen atoms in total. The van der Waals surface area contributed by atoms with Crippen molar-refractivity contribution >= 4 is 5.69 Å². The molecule has 0 aliphatic rings. The molecule has 2 rings (SSSR count). The van der Waals surface area contributed by atoms with Gasteiger partial charge in [-0.2, -0.15) is 5.26 Å². The molecule has 4 heteroatoms. The molecule has 0 radical (unpaired) electrons. The van der Waals surface area contributed by atoms with Crippen molar-refractivity contribution in [1.82, 2.24) is 9.97 Å². The smallest absolute Gasteiger partial charge is 0.0992 e. The second-order valence-corrected chi connectivity index (χ2v) is 3.02. The minimum Gasteiger partial charge on any atom is -0.399 e. The van der Waals surface area contributed by atoms with Gasteiger partial charge in [-0.1, -0.05) is 0 Å². The van der Waals surface area contributed by atoms with Gasteiger partial charge in [-0.3, -0.25) is 9.97 Å². The Morgan fingerprint density at radius 3 is 2.40 bits per heavy atom. The van der Waals surface area contributed by atoms with Crippen LogP contribution in [0.1, 0.15) is 5.56 Å². The zero-order valence-electron chi connectivity index (χ0n) is 7.88. The Morgan fingerprint density at radius 1 is 1.07 bits per heavy atom. The third-order valence-corrected chi connectivity index (χ3v) is 1.94. The number of nitrogen functional groups attached to an aromatic ring is 1. The summed E-state index contributed by atoms with van der Waals surface area (Å²) in [7, 11) is 0. The number of nitrogens with zero attached hydrogens (tertiary/aromatic N) is 3. The number of aromatic nitrogens is 2. The highest BCUT2D eigenvalue weighted by atomic mass is 14.8. The number of hydrogen-bond acceptors (Lipinski definition) is 4. The van der Waals surface area contributed by atoms with Crippen LogP contribution in [0.2, 0.25) is 0 Å². The Bertz CT molecular complexity index is 528. The predicted molar refractivity (Wildman–Crippen MR) is 56.6 cm³/mol. The van der Waals surface area contributed by atoms with Gasteiger partial charge in [0.25, 0.3) is 0 Å². The highest BCUT2D eigenvalue weighted by Gasteiger charge is 2.01. The zero-order chi connectivity index (χ0) is 10.7.